The van der Waals surface area contributed by atoms with Crippen molar-refractivity contribution in [1.82, 2.24) is 30.3 Å². The number of aromatic amines is 2. The number of carbonyl (C=O) groups is 1. The summed E-state index contributed by atoms with van der Waals surface area (Å²) in [6, 6.07) is 11.6. The molecule has 0 spiro atoms. The fraction of sp³-hybridized carbons (Fsp3) is 0.300. The zero-order valence-electron chi connectivity index (χ0n) is 15.6. The summed E-state index contributed by atoms with van der Waals surface area (Å²) in [4.78, 5) is 22.8. The standard InChI is InChI=1S/C20H21N7O/c1-12-4-6-15-17(9-12)23-19(22-15)13-3-2-8-27(11-13)20(28)21-14-5-7-16-18(10-14)25-26-24-16/h4-7,9-10,13H,2-3,8,11H2,1H3,(H,21,28)(H,22,23)(H,24,25,26). The summed E-state index contributed by atoms with van der Waals surface area (Å²) < 4.78 is 0. The molecule has 142 valence electrons. The molecular weight excluding hydrogens is 354 g/mol. The fourth-order valence-electron chi connectivity index (χ4n) is 3.84. The Morgan fingerprint density at radius 2 is 2.00 bits per heavy atom. The SMILES string of the molecule is Cc1ccc2nc(C3CCCN(C(=O)Nc4ccc5n[nH]nc5c4)C3)[nH]c2c1. The van der Waals surface area contributed by atoms with Gasteiger partial charge in [-0.25, -0.2) is 9.78 Å². The minimum Gasteiger partial charge on any atom is -0.342 e. The van der Waals surface area contributed by atoms with Gasteiger partial charge >= 0.3 is 6.03 Å². The van der Waals surface area contributed by atoms with E-state index in [9.17, 15) is 4.79 Å². The Morgan fingerprint density at radius 1 is 1.14 bits per heavy atom. The fourth-order valence-corrected chi connectivity index (χ4v) is 3.84. The lowest BCUT2D eigenvalue weighted by Crippen LogP contribution is -2.41. The third kappa shape index (κ3) is 3.06. The van der Waals surface area contributed by atoms with Crippen molar-refractivity contribution in [2.24, 2.45) is 0 Å². The summed E-state index contributed by atoms with van der Waals surface area (Å²) in [5, 5.41) is 13.7. The van der Waals surface area contributed by atoms with Gasteiger partial charge < -0.3 is 15.2 Å². The molecule has 5 rings (SSSR count). The molecular formula is C20H21N7O. The number of rotatable bonds is 2. The zero-order valence-corrected chi connectivity index (χ0v) is 15.6. The molecule has 3 heterocycles. The zero-order chi connectivity index (χ0) is 19.1. The maximum absolute atomic E-state index is 12.8. The van der Waals surface area contributed by atoms with Gasteiger partial charge in [0, 0.05) is 24.7 Å². The van der Waals surface area contributed by atoms with Gasteiger partial charge in [-0.2, -0.15) is 15.4 Å². The highest BCUT2D eigenvalue weighted by molar-refractivity contribution is 5.91. The van der Waals surface area contributed by atoms with Gasteiger partial charge in [0.1, 0.15) is 16.9 Å². The number of likely N-dealkylation sites (tertiary alicyclic amines) is 1. The number of nitrogens with one attached hydrogen (secondary N) is 3. The Morgan fingerprint density at radius 3 is 2.93 bits per heavy atom. The van der Waals surface area contributed by atoms with E-state index in [4.69, 9.17) is 4.98 Å². The van der Waals surface area contributed by atoms with Crippen LogP contribution in [0.1, 0.15) is 30.1 Å². The Bertz CT molecular complexity index is 1160. The molecule has 4 aromatic rings. The van der Waals surface area contributed by atoms with Crippen LogP contribution in [0.3, 0.4) is 0 Å². The van der Waals surface area contributed by atoms with Gasteiger partial charge in [0.15, 0.2) is 0 Å². The normalized spacial score (nSPS) is 17.3. The number of H-pyrrole nitrogens is 2. The van der Waals surface area contributed by atoms with E-state index in [-0.39, 0.29) is 11.9 Å². The highest BCUT2D eigenvalue weighted by Crippen LogP contribution is 2.27. The number of aryl methyl sites for hydroxylation is 1. The van der Waals surface area contributed by atoms with E-state index in [0.29, 0.717) is 12.2 Å². The van der Waals surface area contributed by atoms with Crippen LogP contribution in [0.4, 0.5) is 10.5 Å². The van der Waals surface area contributed by atoms with Gasteiger partial charge in [-0.1, -0.05) is 6.07 Å². The molecule has 1 saturated heterocycles. The number of imidazole rings is 1. The Labute approximate surface area is 161 Å². The maximum Gasteiger partial charge on any atom is 0.321 e. The number of hydrogen-bond acceptors (Lipinski definition) is 4. The first kappa shape index (κ1) is 16.7. The Balaban J connectivity index is 1.31. The molecule has 1 unspecified atom stereocenters. The molecule has 0 aliphatic carbocycles. The first-order chi connectivity index (χ1) is 13.7. The van der Waals surface area contributed by atoms with Gasteiger partial charge in [0.2, 0.25) is 0 Å². The van der Waals surface area contributed by atoms with Crippen molar-refractivity contribution < 1.29 is 4.79 Å². The maximum atomic E-state index is 12.8. The highest BCUT2D eigenvalue weighted by Gasteiger charge is 2.27. The van der Waals surface area contributed by atoms with Crippen LogP contribution >= 0.6 is 0 Å². The molecule has 3 N–H and O–H groups in total. The number of urea groups is 1. The molecule has 1 aliphatic rings. The van der Waals surface area contributed by atoms with Crippen LogP contribution in [0.15, 0.2) is 36.4 Å². The molecule has 0 radical (unpaired) electrons. The highest BCUT2D eigenvalue weighted by atomic mass is 16.2. The first-order valence-electron chi connectivity index (χ1n) is 9.48. The van der Waals surface area contributed by atoms with E-state index < -0.39 is 0 Å². The summed E-state index contributed by atoms with van der Waals surface area (Å²) >= 11 is 0. The van der Waals surface area contributed by atoms with E-state index in [1.165, 1.54) is 5.56 Å². The van der Waals surface area contributed by atoms with Crippen molar-refractivity contribution in [3.05, 3.63) is 47.8 Å². The molecule has 28 heavy (non-hydrogen) atoms. The average molecular weight is 375 g/mol. The van der Waals surface area contributed by atoms with Crippen molar-refractivity contribution >= 4 is 33.8 Å². The Kier molecular flexibility index (Phi) is 3.96. The first-order valence-corrected chi connectivity index (χ1v) is 9.48. The van der Waals surface area contributed by atoms with Crippen LogP contribution in [0.5, 0.6) is 0 Å². The molecule has 1 aliphatic heterocycles. The monoisotopic (exact) mass is 375 g/mol. The lowest BCUT2D eigenvalue weighted by molar-refractivity contribution is 0.191. The summed E-state index contributed by atoms with van der Waals surface area (Å²) in [6.07, 6.45) is 1.98. The number of benzene rings is 2. The van der Waals surface area contributed by atoms with Crippen LogP contribution in [0, 0.1) is 6.92 Å². The van der Waals surface area contributed by atoms with Gasteiger partial charge in [-0.05, 0) is 55.7 Å². The molecule has 1 fully saturated rings. The molecule has 8 heteroatoms. The predicted molar refractivity (Wildman–Crippen MR) is 107 cm³/mol. The van der Waals surface area contributed by atoms with Crippen LogP contribution < -0.4 is 5.32 Å². The van der Waals surface area contributed by atoms with Crippen molar-refractivity contribution in [2.45, 2.75) is 25.7 Å². The molecule has 2 aromatic carbocycles. The molecule has 2 aromatic heterocycles. The van der Waals surface area contributed by atoms with E-state index in [0.717, 1.165) is 47.3 Å². The van der Waals surface area contributed by atoms with Crippen LogP contribution in [0.2, 0.25) is 0 Å². The van der Waals surface area contributed by atoms with E-state index in [1.54, 1.807) is 0 Å². The van der Waals surface area contributed by atoms with Gasteiger partial charge in [-0.3, -0.25) is 0 Å². The Hall–Kier alpha value is -3.42. The number of carbonyl (C=O) groups excluding carboxylic acids is 1. The second-order valence-electron chi connectivity index (χ2n) is 7.39. The summed E-state index contributed by atoms with van der Waals surface area (Å²) in [5.74, 6) is 1.17. The summed E-state index contributed by atoms with van der Waals surface area (Å²) in [7, 11) is 0. The number of anilines is 1. The third-order valence-electron chi connectivity index (χ3n) is 5.32. The molecule has 1 atom stereocenters. The van der Waals surface area contributed by atoms with Crippen LogP contribution in [0.25, 0.3) is 22.1 Å². The second-order valence-corrected chi connectivity index (χ2v) is 7.39. The largest absolute Gasteiger partial charge is 0.342 e. The summed E-state index contributed by atoms with van der Waals surface area (Å²) in [6.45, 7) is 3.47. The summed E-state index contributed by atoms with van der Waals surface area (Å²) in [5.41, 5.74) is 5.45. The van der Waals surface area contributed by atoms with Crippen molar-refractivity contribution in [1.29, 1.82) is 0 Å². The topological polar surface area (TPSA) is 103 Å². The van der Waals surface area contributed by atoms with E-state index >= 15 is 0 Å². The van der Waals surface area contributed by atoms with E-state index in [1.807, 2.05) is 29.2 Å². The van der Waals surface area contributed by atoms with E-state index in [2.05, 4.69) is 44.8 Å². The van der Waals surface area contributed by atoms with Crippen molar-refractivity contribution in [3.63, 3.8) is 0 Å². The predicted octanol–water partition coefficient (Wildman–Crippen LogP) is 3.55. The van der Waals surface area contributed by atoms with Gasteiger partial charge in [0.05, 0.1) is 11.0 Å². The van der Waals surface area contributed by atoms with Crippen molar-refractivity contribution in [2.75, 3.05) is 18.4 Å². The number of fused-ring (bicyclic) bond motifs is 2. The minimum absolute atomic E-state index is 0.0977. The molecule has 0 saturated carbocycles. The smallest absolute Gasteiger partial charge is 0.321 e. The molecule has 2 amide bonds. The number of amides is 2. The van der Waals surface area contributed by atoms with Gasteiger partial charge in [0.25, 0.3) is 0 Å². The van der Waals surface area contributed by atoms with Crippen LogP contribution in [-0.2, 0) is 0 Å². The van der Waals surface area contributed by atoms with Gasteiger partial charge in [-0.15, -0.1) is 0 Å². The quantitative estimate of drug-likeness (QED) is 0.498. The lowest BCUT2D eigenvalue weighted by Gasteiger charge is -2.31. The third-order valence-corrected chi connectivity index (χ3v) is 5.32. The van der Waals surface area contributed by atoms with Crippen LogP contribution in [-0.4, -0.2) is 49.4 Å². The van der Waals surface area contributed by atoms with Crippen molar-refractivity contribution in [3.8, 4) is 0 Å². The number of aromatic nitrogens is 5. The molecule has 8 nitrogen and oxygen atoms in total. The molecule has 0 bridgehead atoms. The minimum atomic E-state index is -0.0977. The lowest BCUT2D eigenvalue weighted by atomic mass is 9.97. The number of piperidine rings is 1. The number of hydrogen-bond donors (Lipinski definition) is 3. The second kappa shape index (κ2) is 6.63. The number of nitrogens with zero attached hydrogens (tertiary/aromatic N) is 4. The average Bonchev–Trinajstić information content (AvgIpc) is 3.34.